The number of carbonyl (C=O) groups excluding carboxylic acids is 2. The summed E-state index contributed by atoms with van der Waals surface area (Å²) in [6, 6.07) is 0.778. The van der Waals surface area contributed by atoms with Gasteiger partial charge in [-0.2, -0.15) is 0 Å². The number of hydrogen-bond donors (Lipinski definition) is 2. The standard InChI is InChI=1S/C21H40N6O2/c1-6-26-11-7-8-18(26)14-22-21(23-15-19(28)25(4)5)24-17-9-12-27(13-10-17)20(29)16(2)3/h16-18H,6-15H2,1-5H3,(H2,22,23,24). The second-order valence-corrected chi connectivity index (χ2v) is 8.66. The smallest absolute Gasteiger partial charge is 0.243 e. The Labute approximate surface area is 176 Å². The number of carbonyl (C=O) groups is 2. The Balaban J connectivity index is 1.92. The molecular formula is C21H40N6O2. The van der Waals surface area contributed by atoms with Crippen molar-refractivity contribution >= 4 is 17.8 Å². The van der Waals surface area contributed by atoms with E-state index in [1.807, 2.05) is 18.7 Å². The van der Waals surface area contributed by atoms with Crippen molar-refractivity contribution in [1.29, 1.82) is 0 Å². The van der Waals surface area contributed by atoms with Crippen molar-refractivity contribution in [1.82, 2.24) is 25.3 Å². The second-order valence-electron chi connectivity index (χ2n) is 8.66. The number of nitrogens with zero attached hydrogens (tertiary/aromatic N) is 4. The molecule has 2 rings (SSSR count). The van der Waals surface area contributed by atoms with Gasteiger partial charge in [0.25, 0.3) is 0 Å². The molecule has 2 heterocycles. The number of amides is 2. The van der Waals surface area contributed by atoms with Crippen LogP contribution in [0.15, 0.2) is 4.99 Å². The van der Waals surface area contributed by atoms with Gasteiger partial charge in [-0.15, -0.1) is 0 Å². The van der Waals surface area contributed by atoms with Crippen molar-refractivity contribution in [2.75, 3.05) is 53.4 Å². The lowest BCUT2D eigenvalue weighted by Crippen LogP contribution is -2.52. The molecule has 0 aromatic carbocycles. The lowest BCUT2D eigenvalue weighted by Gasteiger charge is -2.34. The Hall–Kier alpha value is -1.83. The van der Waals surface area contributed by atoms with E-state index in [1.54, 1.807) is 19.0 Å². The summed E-state index contributed by atoms with van der Waals surface area (Å²) in [5, 5.41) is 6.97. The highest BCUT2D eigenvalue weighted by Gasteiger charge is 2.26. The summed E-state index contributed by atoms with van der Waals surface area (Å²) in [5.74, 6) is 0.965. The summed E-state index contributed by atoms with van der Waals surface area (Å²) in [6.07, 6.45) is 4.22. The van der Waals surface area contributed by atoms with Crippen LogP contribution in [0.25, 0.3) is 0 Å². The molecule has 0 aromatic rings. The topological polar surface area (TPSA) is 80.3 Å². The van der Waals surface area contributed by atoms with Crippen molar-refractivity contribution in [2.45, 2.75) is 58.5 Å². The van der Waals surface area contributed by atoms with Gasteiger partial charge in [0.2, 0.25) is 11.8 Å². The van der Waals surface area contributed by atoms with E-state index in [9.17, 15) is 9.59 Å². The summed E-state index contributed by atoms with van der Waals surface area (Å²) in [7, 11) is 3.50. The monoisotopic (exact) mass is 408 g/mol. The fraction of sp³-hybridized carbons (Fsp3) is 0.857. The first-order valence-corrected chi connectivity index (χ1v) is 11.1. The third-order valence-electron chi connectivity index (χ3n) is 5.92. The van der Waals surface area contributed by atoms with Gasteiger partial charge in [-0.25, -0.2) is 4.99 Å². The predicted molar refractivity (Wildman–Crippen MR) is 117 cm³/mol. The summed E-state index contributed by atoms with van der Waals surface area (Å²) in [6.45, 7) is 10.8. The van der Waals surface area contributed by atoms with Crippen LogP contribution >= 0.6 is 0 Å². The number of likely N-dealkylation sites (N-methyl/N-ethyl adjacent to an activating group) is 2. The molecule has 2 aliphatic rings. The predicted octanol–water partition coefficient (Wildman–Crippen LogP) is 0.741. The van der Waals surface area contributed by atoms with Crippen LogP contribution in [0.1, 0.15) is 46.5 Å². The van der Waals surface area contributed by atoms with E-state index in [-0.39, 0.29) is 30.3 Å². The zero-order valence-electron chi connectivity index (χ0n) is 18.9. The average Bonchev–Trinajstić information content (AvgIpc) is 3.17. The summed E-state index contributed by atoms with van der Waals surface area (Å²) in [5.41, 5.74) is 0. The minimum Gasteiger partial charge on any atom is -0.355 e. The molecule has 2 saturated heterocycles. The molecule has 2 fully saturated rings. The van der Waals surface area contributed by atoms with Crippen LogP contribution in [0.3, 0.4) is 0 Å². The molecule has 2 N–H and O–H groups in total. The highest BCUT2D eigenvalue weighted by Crippen LogP contribution is 2.16. The lowest BCUT2D eigenvalue weighted by molar-refractivity contribution is -0.135. The van der Waals surface area contributed by atoms with E-state index in [2.05, 4.69) is 27.4 Å². The Morgan fingerprint density at radius 3 is 2.41 bits per heavy atom. The van der Waals surface area contributed by atoms with Gasteiger partial charge in [-0.3, -0.25) is 14.5 Å². The Kier molecular flexibility index (Phi) is 9.20. The average molecular weight is 409 g/mol. The van der Waals surface area contributed by atoms with Gasteiger partial charge in [0.05, 0.1) is 0 Å². The summed E-state index contributed by atoms with van der Waals surface area (Å²) >= 11 is 0. The molecular weight excluding hydrogens is 368 g/mol. The van der Waals surface area contributed by atoms with Crippen LogP contribution in [0.4, 0.5) is 0 Å². The number of hydrogen-bond acceptors (Lipinski definition) is 4. The van der Waals surface area contributed by atoms with Crippen LogP contribution in [0.2, 0.25) is 0 Å². The molecule has 2 aliphatic heterocycles. The molecule has 29 heavy (non-hydrogen) atoms. The molecule has 0 saturated carbocycles. The van der Waals surface area contributed by atoms with Crippen molar-refractivity contribution < 1.29 is 9.59 Å². The van der Waals surface area contributed by atoms with Gasteiger partial charge in [0, 0.05) is 51.7 Å². The van der Waals surface area contributed by atoms with Crippen LogP contribution in [0.5, 0.6) is 0 Å². The minimum atomic E-state index is -0.0144. The highest BCUT2D eigenvalue weighted by atomic mass is 16.2. The molecule has 0 aromatic heterocycles. The quantitative estimate of drug-likeness (QED) is 0.480. The van der Waals surface area contributed by atoms with Gasteiger partial charge >= 0.3 is 0 Å². The molecule has 0 bridgehead atoms. The summed E-state index contributed by atoms with van der Waals surface area (Å²) in [4.78, 5) is 34.7. The lowest BCUT2D eigenvalue weighted by atomic mass is 10.0. The van der Waals surface area contributed by atoms with E-state index in [0.717, 1.165) is 45.6 Å². The minimum absolute atomic E-state index is 0.0144. The van der Waals surface area contributed by atoms with Crippen molar-refractivity contribution in [2.24, 2.45) is 10.9 Å². The van der Waals surface area contributed by atoms with Crippen molar-refractivity contribution in [3.8, 4) is 0 Å². The van der Waals surface area contributed by atoms with Gasteiger partial charge in [-0.1, -0.05) is 20.8 Å². The maximum atomic E-state index is 12.2. The fourth-order valence-corrected chi connectivity index (χ4v) is 4.00. The summed E-state index contributed by atoms with van der Waals surface area (Å²) < 4.78 is 0. The van der Waals surface area contributed by atoms with Crippen LogP contribution in [-0.2, 0) is 9.59 Å². The van der Waals surface area contributed by atoms with E-state index in [1.165, 1.54) is 12.8 Å². The molecule has 0 radical (unpaired) electrons. The molecule has 0 aliphatic carbocycles. The van der Waals surface area contributed by atoms with Crippen molar-refractivity contribution in [3.63, 3.8) is 0 Å². The van der Waals surface area contributed by atoms with Crippen molar-refractivity contribution in [3.05, 3.63) is 0 Å². The number of guanidine groups is 1. The van der Waals surface area contributed by atoms with E-state index < -0.39 is 0 Å². The normalized spacial score (nSPS) is 21.5. The molecule has 8 heteroatoms. The second kappa shape index (κ2) is 11.4. The van der Waals surface area contributed by atoms with Gasteiger partial charge in [0.1, 0.15) is 6.54 Å². The Bertz CT molecular complexity index is 570. The van der Waals surface area contributed by atoms with Crippen LogP contribution in [0, 0.1) is 5.92 Å². The number of likely N-dealkylation sites (tertiary alicyclic amines) is 2. The molecule has 0 spiro atoms. The number of aliphatic imine (C=N–C) groups is 1. The number of rotatable bonds is 7. The Morgan fingerprint density at radius 2 is 1.83 bits per heavy atom. The van der Waals surface area contributed by atoms with Gasteiger partial charge in [-0.05, 0) is 38.8 Å². The Morgan fingerprint density at radius 1 is 1.14 bits per heavy atom. The van der Waals surface area contributed by atoms with Gasteiger partial charge < -0.3 is 20.4 Å². The number of nitrogens with one attached hydrogen (secondary N) is 2. The van der Waals surface area contributed by atoms with E-state index >= 15 is 0 Å². The largest absolute Gasteiger partial charge is 0.355 e. The third-order valence-corrected chi connectivity index (χ3v) is 5.92. The third kappa shape index (κ3) is 7.17. The van der Waals surface area contributed by atoms with Crippen LogP contribution in [-0.4, -0.2) is 97.9 Å². The maximum absolute atomic E-state index is 12.2. The molecule has 1 unspecified atom stereocenters. The maximum Gasteiger partial charge on any atom is 0.243 e. The number of piperidine rings is 1. The molecule has 166 valence electrons. The first kappa shape index (κ1) is 23.4. The first-order chi connectivity index (χ1) is 13.8. The molecule has 1 atom stereocenters. The first-order valence-electron chi connectivity index (χ1n) is 11.1. The zero-order chi connectivity index (χ0) is 21.4. The van der Waals surface area contributed by atoms with Gasteiger partial charge in [0.15, 0.2) is 5.96 Å². The highest BCUT2D eigenvalue weighted by molar-refractivity contribution is 5.85. The SMILES string of the molecule is CCN1CCCC1CNC(=NCC(=O)N(C)C)NC1CCN(C(=O)C(C)C)CC1. The molecule has 2 amide bonds. The van der Waals surface area contributed by atoms with E-state index in [4.69, 9.17) is 0 Å². The fourth-order valence-electron chi connectivity index (χ4n) is 4.00. The van der Waals surface area contributed by atoms with E-state index in [0.29, 0.717) is 12.0 Å². The van der Waals surface area contributed by atoms with Crippen LogP contribution < -0.4 is 10.6 Å². The zero-order valence-corrected chi connectivity index (χ0v) is 18.9. The molecule has 8 nitrogen and oxygen atoms in total.